The van der Waals surface area contributed by atoms with Crippen molar-refractivity contribution in [2.75, 3.05) is 13.1 Å². The molecule has 1 saturated heterocycles. The lowest BCUT2D eigenvalue weighted by Crippen LogP contribution is -2.88. The molecule has 0 aromatic carbocycles. The van der Waals surface area contributed by atoms with Gasteiger partial charge in [0.2, 0.25) is 0 Å². The van der Waals surface area contributed by atoms with E-state index in [1.54, 1.807) is 0 Å². The van der Waals surface area contributed by atoms with E-state index in [2.05, 4.69) is 5.73 Å². The maximum Gasteiger partial charge on any atom is 0.137 e. The Morgan fingerprint density at radius 1 is 1.50 bits per heavy atom. The van der Waals surface area contributed by atoms with Gasteiger partial charge >= 0.3 is 0 Å². The second kappa shape index (κ2) is 3.30. The van der Waals surface area contributed by atoms with Crippen LogP contribution in [0, 0.1) is 0 Å². The minimum absolute atomic E-state index is 0.174. The number of quaternary nitrogens is 2. The highest BCUT2D eigenvalue weighted by Gasteiger charge is 2.36. The Labute approximate surface area is 60.0 Å². The Morgan fingerprint density at radius 3 is 2.60 bits per heavy atom. The van der Waals surface area contributed by atoms with Gasteiger partial charge < -0.3 is 21.3 Å². The van der Waals surface area contributed by atoms with Gasteiger partial charge in [-0.05, 0) is 0 Å². The minimum Gasteiger partial charge on any atom is -0.384 e. The van der Waals surface area contributed by atoms with Crippen LogP contribution >= 0.6 is 0 Å². The topological polar surface area (TPSA) is 84.7 Å². The van der Waals surface area contributed by atoms with Gasteiger partial charge in [0.15, 0.2) is 0 Å². The fourth-order valence-electron chi connectivity index (χ4n) is 1.40. The van der Waals surface area contributed by atoms with E-state index in [4.69, 9.17) is 5.11 Å². The zero-order valence-corrected chi connectivity index (χ0v) is 6.03. The Morgan fingerprint density at radius 2 is 2.20 bits per heavy atom. The van der Waals surface area contributed by atoms with E-state index in [1.165, 1.54) is 0 Å². The van der Waals surface area contributed by atoms with E-state index in [1.807, 2.05) is 5.32 Å². The summed E-state index contributed by atoms with van der Waals surface area (Å²) in [5, 5.41) is 20.4. The third kappa shape index (κ3) is 1.46. The van der Waals surface area contributed by atoms with Crippen LogP contribution in [0.4, 0.5) is 0 Å². The standard InChI is InChI=1S/C6H14N2O2/c7-2-1-4-6(10)5(9)3-8-4/h4-6,8-10H,1-3,7H2/p+2/t4-,5-,6+/m0/s1. The first-order valence-corrected chi connectivity index (χ1v) is 3.74. The molecule has 1 fully saturated rings. The van der Waals surface area contributed by atoms with Crippen LogP contribution in [0.2, 0.25) is 0 Å². The summed E-state index contributed by atoms with van der Waals surface area (Å²) >= 11 is 0. The van der Waals surface area contributed by atoms with E-state index in [0.29, 0.717) is 6.54 Å². The van der Waals surface area contributed by atoms with Crippen LogP contribution in [0.1, 0.15) is 6.42 Å². The monoisotopic (exact) mass is 148 g/mol. The highest BCUT2D eigenvalue weighted by molar-refractivity contribution is 4.78. The van der Waals surface area contributed by atoms with Crippen molar-refractivity contribution in [3.8, 4) is 0 Å². The molecule has 1 aliphatic heterocycles. The fraction of sp³-hybridized carbons (Fsp3) is 1.00. The summed E-state index contributed by atoms with van der Waals surface area (Å²) in [4.78, 5) is 0. The molecule has 0 radical (unpaired) electrons. The van der Waals surface area contributed by atoms with Gasteiger partial charge in [0.25, 0.3) is 0 Å². The number of hydrogen-bond acceptors (Lipinski definition) is 2. The fourth-order valence-corrected chi connectivity index (χ4v) is 1.40. The maximum atomic E-state index is 9.28. The summed E-state index contributed by atoms with van der Waals surface area (Å²) in [6.07, 6.45) is -0.184. The number of aliphatic hydroxyl groups is 2. The zero-order chi connectivity index (χ0) is 7.56. The molecule has 0 unspecified atom stereocenters. The second-order valence-electron chi connectivity index (χ2n) is 2.84. The molecule has 0 spiro atoms. The number of nitrogens with two attached hydrogens (primary N) is 1. The molecule has 10 heavy (non-hydrogen) atoms. The van der Waals surface area contributed by atoms with Gasteiger partial charge in [-0.15, -0.1) is 0 Å². The van der Waals surface area contributed by atoms with E-state index < -0.39 is 12.2 Å². The molecule has 1 rings (SSSR count). The number of rotatable bonds is 2. The maximum absolute atomic E-state index is 9.28. The number of aliphatic hydroxyl groups excluding tert-OH is 2. The van der Waals surface area contributed by atoms with Crippen molar-refractivity contribution in [1.29, 1.82) is 0 Å². The lowest BCUT2D eigenvalue weighted by atomic mass is 10.1. The van der Waals surface area contributed by atoms with E-state index in [9.17, 15) is 5.11 Å². The van der Waals surface area contributed by atoms with Crippen LogP contribution in [0.25, 0.3) is 0 Å². The first-order chi connectivity index (χ1) is 4.75. The van der Waals surface area contributed by atoms with Crippen LogP contribution in [-0.4, -0.2) is 41.6 Å². The lowest BCUT2D eigenvalue weighted by molar-refractivity contribution is -0.677. The summed E-state index contributed by atoms with van der Waals surface area (Å²) in [6, 6.07) is 0.174. The van der Waals surface area contributed by atoms with Crippen LogP contribution in [-0.2, 0) is 0 Å². The van der Waals surface area contributed by atoms with Crippen LogP contribution in [0.3, 0.4) is 0 Å². The summed E-state index contributed by atoms with van der Waals surface area (Å²) < 4.78 is 0. The summed E-state index contributed by atoms with van der Waals surface area (Å²) in [5.41, 5.74) is 3.70. The van der Waals surface area contributed by atoms with E-state index in [-0.39, 0.29) is 6.04 Å². The van der Waals surface area contributed by atoms with Crippen LogP contribution in [0.5, 0.6) is 0 Å². The normalized spacial score (nSPS) is 40.5. The van der Waals surface area contributed by atoms with Gasteiger partial charge in [-0.25, -0.2) is 0 Å². The number of hydrogen-bond donors (Lipinski definition) is 4. The lowest BCUT2D eigenvalue weighted by Gasteiger charge is -2.09. The molecular weight excluding hydrogens is 132 g/mol. The Bertz CT molecular complexity index is 108. The van der Waals surface area contributed by atoms with Crippen molar-refractivity contribution in [2.24, 2.45) is 0 Å². The largest absolute Gasteiger partial charge is 0.384 e. The molecule has 0 aromatic heterocycles. The second-order valence-corrected chi connectivity index (χ2v) is 2.84. The van der Waals surface area contributed by atoms with Crippen molar-refractivity contribution in [1.82, 2.24) is 0 Å². The first kappa shape index (κ1) is 7.94. The SMILES string of the molecule is [NH3+]CC[C@@H]1[NH2+]C[C@H](O)[C@@H]1O. The molecule has 7 N–H and O–H groups in total. The molecule has 0 amide bonds. The van der Waals surface area contributed by atoms with E-state index >= 15 is 0 Å². The van der Waals surface area contributed by atoms with Gasteiger partial charge in [0.1, 0.15) is 24.8 Å². The van der Waals surface area contributed by atoms with Gasteiger partial charge in [-0.1, -0.05) is 0 Å². The minimum atomic E-state index is -0.540. The van der Waals surface area contributed by atoms with Gasteiger partial charge in [-0.2, -0.15) is 0 Å². The van der Waals surface area contributed by atoms with E-state index in [0.717, 1.165) is 13.0 Å². The average molecular weight is 148 g/mol. The molecule has 3 atom stereocenters. The van der Waals surface area contributed by atoms with Gasteiger partial charge in [-0.3, -0.25) is 0 Å². The van der Waals surface area contributed by atoms with Crippen molar-refractivity contribution in [3.05, 3.63) is 0 Å². The quantitative estimate of drug-likeness (QED) is 0.325. The van der Waals surface area contributed by atoms with Crippen LogP contribution in [0.15, 0.2) is 0 Å². The van der Waals surface area contributed by atoms with Crippen molar-refractivity contribution >= 4 is 0 Å². The van der Waals surface area contributed by atoms with Crippen molar-refractivity contribution in [3.63, 3.8) is 0 Å². The molecule has 4 nitrogen and oxygen atoms in total. The van der Waals surface area contributed by atoms with Crippen molar-refractivity contribution < 1.29 is 21.3 Å². The highest BCUT2D eigenvalue weighted by atomic mass is 16.3. The van der Waals surface area contributed by atoms with Gasteiger partial charge in [0, 0.05) is 0 Å². The Kier molecular flexibility index (Phi) is 2.62. The molecule has 0 aromatic rings. The smallest absolute Gasteiger partial charge is 0.137 e. The third-order valence-corrected chi connectivity index (χ3v) is 2.05. The molecule has 1 heterocycles. The molecule has 0 aliphatic carbocycles. The molecule has 0 bridgehead atoms. The average Bonchev–Trinajstić information content (AvgIpc) is 2.20. The predicted molar refractivity (Wildman–Crippen MR) is 35.0 cm³/mol. The Hall–Kier alpha value is -0.160. The summed E-state index contributed by atoms with van der Waals surface area (Å²) in [7, 11) is 0. The van der Waals surface area contributed by atoms with Crippen molar-refractivity contribution in [2.45, 2.75) is 24.7 Å². The molecule has 60 valence electrons. The van der Waals surface area contributed by atoms with Gasteiger partial charge in [0.05, 0.1) is 13.0 Å². The molecular formula is C6H16N2O2+2. The molecule has 4 heteroatoms. The molecule has 1 aliphatic rings. The highest BCUT2D eigenvalue weighted by Crippen LogP contribution is 2.02. The summed E-state index contributed by atoms with van der Waals surface area (Å²) in [5.74, 6) is 0. The predicted octanol–water partition coefficient (Wildman–Crippen LogP) is -3.71. The Balaban J connectivity index is 2.33. The zero-order valence-electron chi connectivity index (χ0n) is 6.03. The first-order valence-electron chi connectivity index (χ1n) is 3.74. The van der Waals surface area contributed by atoms with Crippen LogP contribution < -0.4 is 11.1 Å². The third-order valence-electron chi connectivity index (χ3n) is 2.05. The summed E-state index contributed by atoms with van der Waals surface area (Å²) in [6.45, 7) is 1.46. The molecule has 0 saturated carbocycles.